The van der Waals surface area contributed by atoms with Gasteiger partial charge in [0, 0.05) is 12.1 Å². The number of phenolic OH excluding ortho intramolecular Hbond substituents is 1. The molecule has 0 aliphatic carbocycles. The van der Waals surface area contributed by atoms with Crippen molar-refractivity contribution in [1.29, 1.82) is 0 Å². The van der Waals surface area contributed by atoms with Crippen molar-refractivity contribution in [2.45, 2.75) is 25.8 Å². The number of nitrogens with zero attached hydrogens (tertiary/aromatic N) is 1. The van der Waals surface area contributed by atoms with Crippen molar-refractivity contribution >= 4 is 0 Å². The molecular weight excluding hydrogens is 252 g/mol. The monoisotopic (exact) mass is 278 g/mol. The molecule has 1 heterocycles. The largest absolute Gasteiger partial charge is 0.504 e. The molecule has 0 bridgehead atoms. The molecule has 4 nitrogen and oxygen atoms in total. The Balaban J connectivity index is 1.86. The number of likely N-dealkylation sites (tertiary alicyclic amines) is 1. The van der Waals surface area contributed by atoms with Gasteiger partial charge in [-0.1, -0.05) is 12.1 Å². The van der Waals surface area contributed by atoms with Crippen molar-refractivity contribution in [2.24, 2.45) is 5.92 Å². The number of phenols is 1. The van der Waals surface area contributed by atoms with Crippen LogP contribution in [0.1, 0.15) is 24.8 Å². The van der Waals surface area contributed by atoms with E-state index in [0.717, 1.165) is 37.7 Å². The maximum Gasteiger partial charge on any atom is 0.162 e. The van der Waals surface area contributed by atoms with Crippen LogP contribution in [0.3, 0.4) is 0 Å². The highest BCUT2D eigenvalue weighted by molar-refractivity contribution is 5.45. The number of nitrogens with one attached hydrogen (secondary N) is 1. The SMILES string of the molecule is CNCCC1CCN(Cc2cccc(OC)c2O)CC1. The van der Waals surface area contributed by atoms with E-state index >= 15 is 0 Å². The first-order valence-electron chi connectivity index (χ1n) is 7.46. The molecule has 0 amide bonds. The number of benzene rings is 1. The van der Waals surface area contributed by atoms with Crippen molar-refractivity contribution in [2.75, 3.05) is 33.8 Å². The first-order valence-corrected chi connectivity index (χ1v) is 7.46. The average molecular weight is 278 g/mol. The zero-order valence-electron chi connectivity index (χ0n) is 12.6. The fourth-order valence-electron chi connectivity index (χ4n) is 2.88. The van der Waals surface area contributed by atoms with Gasteiger partial charge in [-0.15, -0.1) is 0 Å². The van der Waals surface area contributed by atoms with Crippen LogP contribution in [-0.4, -0.2) is 43.8 Å². The molecule has 0 atom stereocenters. The Morgan fingerprint density at radius 1 is 1.35 bits per heavy atom. The van der Waals surface area contributed by atoms with E-state index in [1.165, 1.54) is 19.3 Å². The highest BCUT2D eigenvalue weighted by Gasteiger charge is 2.20. The van der Waals surface area contributed by atoms with Crippen molar-refractivity contribution in [1.82, 2.24) is 10.2 Å². The standard InChI is InChI=1S/C16H26N2O2/c1-17-9-6-13-7-10-18(11-8-13)12-14-4-3-5-15(20-2)16(14)19/h3-5,13,17,19H,6-12H2,1-2H3. The van der Waals surface area contributed by atoms with Gasteiger partial charge >= 0.3 is 0 Å². The normalized spacial score (nSPS) is 17.3. The molecule has 0 unspecified atom stereocenters. The van der Waals surface area contributed by atoms with E-state index in [4.69, 9.17) is 4.74 Å². The van der Waals surface area contributed by atoms with E-state index in [-0.39, 0.29) is 5.75 Å². The minimum absolute atomic E-state index is 0.285. The van der Waals surface area contributed by atoms with Crippen LogP contribution in [-0.2, 0) is 6.54 Å². The lowest BCUT2D eigenvalue weighted by atomic mass is 9.93. The average Bonchev–Trinajstić information content (AvgIpc) is 2.48. The summed E-state index contributed by atoms with van der Waals surface area (Å²) in [6.07, 6.45) is 3.79. The maximum atomic E-state index is 10.1. The van der Waals surface area contributed by atoms with Gasteiger partial charge in [0.25, 0.3) is 0 Å². The molecule has 1 aromatic rings. The van der Waals surface area contributed by atoms with Gasteiger partial charge in [-0.3, -0.25) is 4.90 Å². The zero-order chi connectivity index (χ0) is 14.4. The lowest BCUT2D eigenvalue weighted by Gasteiger charge is -2.32. The van der Waals surface area contributed by atoms with Crippen LogP contribution in [0, 0.1) is 5.92 Å². The van der Waals surface area contributed by atoms with Gasteiger partial charge in [0.15, 0.2) is 11.5 Å². The summed E-state index contributed by atoms with van der Waals surface area (Å²) in [5.74, 6) is 1.69. The third kappa shape index (κ3) is 3.87. The van der Waals surface area contributed by atoms with Gasteiger partial charge < -0.3 is 15.2 Å². The summed E-state index contributed by atoms with van der Waals surface area (Å²) in [5, 5.41) is 13.4. The molecule has 0 aromatic heterocycles. The molecule has 2 rings (SSSR count). The number of piperidine rings is 1. The third-order valence-electron chi connectivity index (χ3n) is 4.21. The minimum Gasteiger partial charge on any atom is -0.504 e. The molecule has 1 aliphatic heterocycles. The van der Waals surface area contributed by atoms with Crippen LogP contribution in [0.25, 0.3) is 0 Å². The summed E-state index contributed by atoms with van der Waals surface area (Å²) in [4.78, 5) is 2.42. The van der Waals surface area contributed by atoms with Crippen molar-refractivity contribution < 1.29 is 9.84 Å². The Labute approximate surface area is 121 Å². The first kappa shape index (κ1) is 15.1. The van der Waals surface area contributed by atoms with E-state index in [1.807, 2.05) is 19.2 Å². The number of methoxy groups -OCH3 is 1. The zero-order valence-corrected chi connectivity index (χ0v) is 12.6. The van der Waals surface area contributed by atoms with E-state index in [0.29, 0.717) is 5.75 Å². The first-order chi connectivity index (χ1) is 9.74. The molecule has 4 heteroatoms. The van der Waals surface area contributed by atoms with Gasteiger partial charge in [-0.2, -0.15) is 0 Å². The topological polar surface area (TPSA) is 44.7 Å². The summed E-state index contributed by atoms with van der Waals surface area (Å²) < 4.78 is 5.16. The third-order valence-corrected chi connectivity index (χ3v) is 4.21. The fourth-order valence-corrected chi connectivity index (χ4v) is 2.88. The van der Waals surface area contributed by atoms with E-state index < -0.39 is 0 Å². The van der Waals surface area contributed by atoms with Crippen LogP contribution >= 0.6 is 0 Å². The summed E-state index contributed by atoms with van der Waals surface area (Å²) >= 11 is 0. The van der Waals surface area contributed by atoms with Gasteiger partial charge in [0.1, 0.15) is 0 Å². The summed E-state index contributed by atoms with van der Waals surface area (Å²) in [6, 6.07) is 5.71. The molecule has 2 N–H and O–H groups in total. The Bertz CT molecular complexity index is 415. The number of ether oxygens (including phenoxy) is 1. The molecule has 1 fully saturated rings. The summed E-state index contributed by atoms with van der Waals surface area (Å²) in [5.41, 5.74) is 0.957. The Kier molecular flexibility index (Phi) is 5.68. The van der Waals surface area contributed by atoms with Gasteiger partial charge in [-0.25, -0.2) is 0 Å². The van der Waals surface area contributed by atoms with Crippen LogP contribution in [0.15, 0.2) is 18.2 Å². The minimum atomic E-state index is 0.285. The van der Waals surface area contributed by atoms with Gasteiger partial charge in [-0.05, 0) is 57.9 Å². The van der Waals surface area contributed by atoms with Gasteiger partial charge in [0.2, 0.25) is 0 Å². The summed E-state index contributed by atoms with van der Waals surface area (Å²) in [6.45, 7) is 4.15. The number of hydrogen-bond acceptors (Lipinski definition) is 4. The fraction of sp³-hybridized carbons (Fsp3) is 0.625. The van der Waals surface area contributed by atoms with Crippen molar-refractivity contribution in [3.05, 3.63) is 23.8 Å². The Morgan fingerprint density at radius 3 is 2.75 bits per heavy atom. The van der Waals surface area contributed by atoms with Crippen molar-refractivity contribution in [3.63, 3.8) is 0 Å². The molecule has 1 aromatic carbocycles. The second-order valence-corrected chi connectivity index (χ2v) is 5.58. The lowest BCUT2D eigenvalue weighted by molar-refractivity contribution is 0.170. The van der Waals surface area contributed by atoms with E-state index in [2.05, 4.69) is 10.2 Å². The predicted octanol–water partition coefficient (Wildman–Crippen LogP) is 2.22. The molecule has 20 heavy (non-hydrogen) atoms. The van der Waals surface area contributed by atoms with Crippen LogP contribution in [0.4, 0.5) is 0 Å². The van der Waals surface area contributed by atoms with Crippen LogP contribution in [0.2, 0.25) is 0 Å². The second-order valence-electron chi connectivity index (χ2n) is 5.58. The number of hydrogen-bond donors (Lipinski definition) is 2. The molecule has 0 spiro atoms. The van der Waals surface area contributed by atoms with E-state index in [1.54, 1.807) is 13.2 Å². The number of aromatic hydroxyl groups is 1. The Morgan fingerprint density at radius 2 is 2.10 bits per heavy atom. The molecule has 1 saturated heterocycles. The highest BCUT2D eigenvalue weighted by Crippen LogP contribution is 2.31. The number of para-hydroxylation sites is 1. The smallest absolute Gasteiger partial charge is 0.162 e. The van der Waals surface area contributed by atoms with Crippen molar-refractivity contribution in [3.8, 4) is 11.5 Å². The second kappa shape index (κ2) is 7.50. The maximum absolute atomic E-state index is 10.1. The highest BCUT2D eigenvalue weighted by atomic mass is 16.5. The quantitative estimate of drug-likeness (QED) is 0.837. The molecular formula is C16H26N2O2. The lowest BCUT2D eigenvalue weighted by Crippen LogP contribution is -2.34. The van der Waals surface area contributed by atoms with E-state index in [9.17, 15) is 5.11 Å². The molecule has 112 valence electrons. The molecule has 0 saturated carbocycles. The number of rotatable bonds is 6. The molecule has 0 radical (unpaired) electrons. The summed E-state index contributed by atoms with van der Waals surface area (Å²) in [7, 11) is 3.60. The van der Waals surface area contributed by atoms with Crippen LogP contribution < -0.4 is 10.1 Å². The van der Waals surface area contributed by atoms with Gasteiger partial charge in [0.05, 0.1) is 7.11 Å². The molecule has 1 aliphatic rings. The Hall–Kier alpha value is -1.26. The van der Waals surface area contributed by atoms with Crippen LogP contribution in [0.5, 0.6) is 11.5 Å². The predicted molar refractivity (Wildman–Crippen MR) is 81.2 cm³/mol.